The van der Waals surface area contributed by atoms with Crippen molar-refractivity contribution in [1.82, 2.24) is 0 Å². The van der Waals surface area contributed by atoms with Gasteiger partial charge in [0.25, 0.3) is 0 Å². The van der Waals surface area contributed by atoms with Crippen LogP contribution in [0.2, 0.25) is 5.02 Å². The van der Waals surface area contributed by atoms with Gasteiger partial charge < -0.3 is 20.8 Å². The smallest absolute Gasteiger partial charge is 0.323 e. The molecule has 0 atom stereocenters. The summed E-state index contributed by atoms with van der Waals surface area (Å²) in [7, 11) is 0. The van der Waals surface area contributed by atoms with Gasteiger partial charge in [-0.05, 0) is 42.7 Å². The summed E-state index contributed by atoms with van der Waals surface area (Å²) in [6.45, 7) is 1.77. The third-order valence-corrected chi connectivity index (χ3v) is 3.46. The molecule has 2 amide bonds. The highest BCUT2D eigenvalue weighted by molar-refractivity contribution is 6.32. The van der Waals surface area contributed by atoms with Crippen molar-refractivity contribution >= 4 is 29.0 Å². The Bertz CT molecular complexity index is 689. The van der Waals surface area contributed by atoms with Gasteiger partial charge in [0, 0.05) is 18.0 Å². The molecule has 2 aromatic rings. The maximum atomic E-state index is 12.0. The molecule has 0 saturated carbocycles. The molecule has 0 spiro atoms. The Labute approximate surface area is 133 Å². The molecular weight excluding hydrogens is 304 g/mol. The summed E-state index contributed by atoms with van der Waals surface area (Å²) in [4.78, 5) is 12.0. The summed E-state index contributed by atoms with van der Waals surface area (Å²) in [5.41, 5.74) is 2.57. The number of benzene rings is 2. The molecule has 0 aromatic heterocycles. The van der Waals surface area contributed by atoms with Crippen LogP contribution in [0.4, 0.5) is 16.2 Å². The van der Waals surface area contributed by atoms with Gasteiger partial charge in [0.1, 0.15) is 5.75 Å². The first-order valence-corrected chi connectivity index (χ1v) is 7.15. The molecule has 6 heteroatoms. The van der Waals surface area contributed by atoms with Crippen LogP contribution in [0.5, 0.6) is 5.75 Å². The molecule has 22 heavy (non-hydrogen) atoms. The number of rotatable bonds is 4. The minimum atomic E-state index is -0.411. The fourth-order valence-electron chi connectivity index (χ4n) is 2.04. The van der Waals surface area contributed by atoms with Crippen LogP contribution in [0.1, 0.15) is 11.1 Å². The molecule has 116 valence electrons. The van der Waals surface area contributed by atoms with Gasteiger partial charge in [-0.2, -0.15) is 0 Å². The van der Waals surface area contributed by atoms with E-state index in [1.165, 1.54) is 6.07 Å². The maximum Gasteiger partial charge on any atom is 0.323 e. The van der Waals surface area contributed by atoms with Gasteiger partial charge in [-0.15, -0.1) is 0 Å². The third kappa shape index (κ3) is 3.90. The van der Waals surface area contributed by atoms with Crippen LogP contribution in [0.25, 0.3) is 0 Å². The lowest BCUT2D eigenvalue weighted by atomic mass is 10.1. The van der Waals surface area contributed by atoms with Crippen molar-refractivity contribution in [2.24, 2.45) is 0 Å². The van der Waals surface area contributed by atoms with Crippen LogP contribution in [-0.4, -0.2) is 22.9 Å². The molecule has 5 nitrogen and oxygen atoms in total. The third-order valence-electron chi connectivity index (χ3n) is 3.17. The summed E-state index contributed by atoms with van der Waals surface area (Å²) in [5.74, 6) is -0.0828. The number of nitrogens with one attached hydrogen (secondary N) is 2. The van der Waals surface area contributed by atoms with E-state index in [4.69, 9.17) is 16.7 Å². The average Bonchev–Trinajstić information content (AvgIpc) is 2.47. The highest BCUT2D eigenvalue weighted by Crippen LogP contribution is 2.31. The number of aliphatic hydroxyl groups excluding tert-OH is 1. The van der Waals surface area contributed by atoms with Gasteiger partial charge in [-0.1, -0.05) is 29.8 Å². The number of para-hydroxylation sites is 1. The molecule has 2 rings (SSSR count). The van der Waals surface area contributed by atoms with Gasteiger partial charge in [0.2, 0.25) is 0 Å². The van der Waals surface area contributed by atoms with E-state index in [-0.39, 0.29) is 23.8 Å². The number of phenolic OH excluding ortho intramolecular Hbond substituents is 1. The predicted molar refractivity (Wildman–Crippen MR) is 87.7 cm³/mol. The number of carbonyl (C=O) groups is 1. The molecule has 0 heterocycles. The number of aliphatic hydroxyl groups is 1. The molecule has 0 aliphatic heterocycles. The van der Waals surface area contributed by atoms with Gasteiger partial charge in [-0.3, -0.25) is 0 Å². The van der Waals surface area contributed by atoms with Crippen LogP contribution in [0.3, 0.4) is 0 Å². The van der Waals surface area contributed by atoms with Crippen LogP contribution in [0.15, 0.2) is 36.4 Å². The van der Waals surface area contributed by atoms with Crippen LogP contribution >= 0.6 is 11.6 Å². The fourth-order valence-corrected chi connectivity index (χ4v) is 2.28. The van der Waals surface area contributed by atoms with Crippen molar-refractivity contribution in [3.63, 3.8) is 0 Å². The number of aromatic hydroxyl groups is 1. The lowest BCUT2D eigenvalue weighted by Gasteiger charge is -2.12. The number of amides is 2. The minimum Gasteiger partial charge on any atom is -0.506 e. The van der Waals surface area contributed by atoms with E-state index in [0.717, 1.165) is 5.56 Å². The van der Waals surface area contributed by atoms with Crippen LogP contribution in [-0.2, 0) is 6.42 Å². The number of anilines is 2. The Morgan fingerprint density at radius 2 is 1.95 bits per heavy atom. The van der Waals surface area contributed by atoms with E-state index in [0.29, 0.717) is 16.9 Å². The largest absolute Gasteiger partial charge is 0.506 e. The van der Waals surface area contributed by atoms with Crippen molar-refractivity contribution in [3.8, 4) is 5.75 Å². The Balaban J connectivity index is 2.13. The van der Waals surface area contributed by atoms with E-state index in [1.54, 1.807) is 12.1 Å². The number of aryl methyl sites for hydroxylation is 1. The number of halogens is 1. The first-order valence-electron chi connectivity index (χ1n) is 6.77. The minimum absolute atomic E-state index is 0.0828. The first kappa shape index (κ1) is 16.1. The Kier molecular flexibility index (Phi) is 5.25. The Morgan fingerprint density at radius 3 is 2.64 bits per heavy atom. The molecule has 0 radical (unpaired) electrons. The molecule has 0 unspecified atom stereocenters. The zero-order chi connectivity index (χ0) is 16.1. The van der Waals surface area contributed by atoms with Crippen LogP contribution in [0, 0.1) is 6.92 Å². The van der Waals surface area contributed by atoms with Crippen molar-refractivity contribution in [2.45, 2.75) is 13.3 Å². The number of hydrogen-bond donors (Lipinski definition) is 4. The molecule has 4 N–H and O–H groups in total. The lowest BCUT2D eigenvalue weighted by Crippen LogP contribution is -2.20. The molecule has 0 saturated heterocycles. The highest BCUT2D eigenvalue weighted by Gasteiger charge is 2.11. The molecule has 2 aromatic carbocycles. The number of carbonyl (C=O) groups excluding carboxylic acids is 1. The van der Waals surface area contributed by atoms with Gasteiger partial charge in [0.15, 0.2) is 0 Å². The molecular formula is C16H17ClN2O3. The number of phenols is 1. The van der Waals surface area contributed by atoms with Gasteiger partial charge in [-0.25, -0.2) is 4.79 Å². The predicted octanol–water partition coefficient (Wildman–Crippen LogP) is 3.53. The molecule has 0 fully saturated rings. The van der Waals surface area contributed by atoms with Gasteiger partial charge in [0.05, 0.1) is 5.02 Å². The normalized spacial score (nSPS) is 10.3. The SMILES string of the molecule is Cc1ccccc1NC(=O)Nc1cc(Cl)c(O)c(CCO)c1. The summed E-state index contributed by atoms with van der Waals surface area (Å²) in [6, 6.07) is 10.0. The quantitative estimate of drug-likeness (QED) is 0.650. The topological polar surface area (TPSA) is 81.6 Å². The van der Waals surface area contributed by atoms with E-state index >= 15 is 0 Å². The van der Waals surface area contributed by atoms with Crippen molar-refractivity contribution in [1.29, 1.82) is 0 Å². The molecule has 0 bridgehead atoms. The lowest BCUT2D eigenvalue weighted by molar-refractivity contribution is 0.262. The monoisotopic (exact) mass is 320 g/mol. The number of urea groups is 1. The zero-order valence-electron chi connectivity index (χ0n) is 12.1. The van der Waals surface area contributed by atoms with Gasteiger partial charge >= 0.3 is 6.03 Å². The second kappa shape index (κ2) is 7.15. The van der Waals surface area contributed by atoms with E-state index in [9.17, 15) is 9.90 Å². The second-order valence-corrected chi connectivity index (χ2v) is 5.24. The Morgan fingerprint density at radius 1 is 1.23 bits per heavy atom. The highest BCUT2D eigenvalue weighted by atomic mass is 35.5. The van der Waals surface area contributed by atoms with E-state index in [2.05, 4.69) is 10.6 Å². The maximum absolute atomic E-state index is 12.0. The van der Waals surface area contributed by atoms with Crippen molar-refractivity contribution in [3.05, 3.63) is 52.5 Å². The molecule has 0 aliphatic rings. The summed E-state index contributed by atoms with van der Waals surface area (Å²) in [5, 5.41) is 24.3. The first-order chi connectivity index (χ1) is 10.5. The Hall–Kier alpha value is -2.24. The second-order valence-electron chi connectivity index (χ2n) is 4.83. The van der Waals surface area contributed by atoms with Crippen molar-refractivity contribution < 1.29 is 15.0 Å². The van der Waals surface area contributed by atoms with E-state index in [1.807, 2.05) is 25.1 Å². The fraction of sp³-hybridized carbons (Fsp3) is 0.188. The van der Waals surface area contributed by atoms with Crippen molar-refractivity contribution in [2.75, 3.05) is 17.2 Å². The molecule has 0 aliphatic carbocycles. The average molecular weight is 321 g/mol. The summed E-state index contributed by atoms with van der Waals surface area (Å²) in [6.07, 6.45) is 0.250. The number of hydrogen-bond acceptors (Lipinski definition) is 3. The summed E-state index contributed by atoms with van der Waals surface area (Å²) >= 11 is 5.92. The standard InChI is InChI=1S/C16H17ClN2O3/c1-10-4-2-3-5-14(10)19-16(22)18-12-8-11(6-7-20)15(21)13(17)9-12/h2-5,8-9,20-21H,6-7H2,1H3,(H2,18,19,22). The summed E-state index contributed by atoms with van der Waals surface area (Å²) < 4.78 is 0. The zero-order valence-corrected chi connectivity index (χ0v) is 12.8. The van der Waals surface area contributed by atoms with Crippen LogP contribution < -0.4 is 10.6 Å². The van der Waals surface area contributed by atoms with E-state index < -0.39 is 6.03 Å².